The molecule has 1 N–H and O–H groups in total. The molecule has 7 nitrogen and oxygen atoms in total. The van der Waals surface area contributed by atoms with Crippen molar-refractivity contribution in [2.24, 2.45) is 0 Å². The van der Waals surface area contributed by atoms with Crippen molar-refractivity contribution in [2.75, 3.05) is 40.8 Å². The summed E-state index contributed by atoms with van der Waals surface area (Å²) in [5.74, 6) is 0.107. The first kappa shape index (κ1) is 23.7. The van der Waals surface area contributed by atoms with Gasteiger partial charge in [0.1, 0.15) is 10.6 Å². The Balaban J connectivity index is 0.00000364. The summed E-state index contributed by atoms with van der Waals surface area (Å²) in [5.41, 5.74) is 0.373. The van der Waals surface area contributed by atoms with Crippen LogP contribution >= 0.6 is 12.4 Å². The molecule has 0 spiro atoms. The molecule has 154 valence electrons. The van der Waals surface area contributed by atoms with Gasteiger partial charge in [0.2, 0.25) is 10.0 Å². The van der Waals surface area contributed by atoms with Crippen molar-refractivity contribution in [3.63, 3.8) is 0 Å². The lowest BCUT2D eigenvalue weighted by atomic mass is 10.0. The Labute approximate surface area is 168 Å². The number of sulfonamides is 1. The summed E-state index contributed by atoms with van der Waals surface area (Å²) in [6.07, 6.45) is 2.67. The third-order valence-corrected chi connectivity index (χ3v) is 6.48. The number of nitrogens with one attached hydrogen (secondary N) is 1. The van der Waals surface area contributed by atoms with Gasteiger partial charge in [-0.2, -0.15) is 0 Å². The molecule has 0 radical (unpaired) electrons. The van der Waals surface area contributed by atoms with Gasteiger partial charge in [-0.1, -0.05) is 6.92 Å². The van der Waals surface area contributed by atoms with Crippen LogP contribution in [0.25, 0.3) is 0 Å². The molecular weight excluding hydrogens is 390 g/mol. The molecule has 1 aliphatic rings. The van der Waals surface area contributed by atoms with Crippen LogP contribution in [0.2, 0.25) is 0 Å². The van der Waals surface area contributed by atoms with Crippen molar-refractivity contribution in [3.05, 3.63) is 23.8 Å². The Morgan fingerprint density at radius 2 is 1.89 bits per heavy atom. The van der Waals surface area contributed by atoms with Crippen molar-refractivity contribution < 1.29 is 17.9 Å². The SMILES string of the molecule is CCCN(C(=O)c1ccc(OC)c(S(=O)(=O)N(C)C)c1)C1CCNCC1.Cl. The third kappa shape index (κ3) is 5.34. The van der Waals surface area contributed by atoms with E-state index in [2.05, 4.69) is 5.32 Å². The number of halogens is 1. The summed E-state index contributed by atoms with van der Waals surface area (Å²) < 4.78 is 31.5. The molecule has 0 bridgehead atoms. The smallest absolute Gasteiger partial charge is 0.254 e. The van der Waals surface area contributed by atoms with E-state index in [1.807, 2.05) is 11.8 Å². The lowest BCUT2D eigenvalue weighted by molar-refractivity contribution is 0.0642. The average molecular weight is 420 g/mol. The van der Waals surface area contributed by atoms with Crippen molar-refractivity contribution in [3.8, 4) is 5.75 Å². The van der Waals surface area contributed by atoms with Crippen LogP contribution in [0.5, 0.6) is 5.75 Å². The molecule has 1 aromatic carbocycles. The summed E-state index contributed by atoms with van der Waals surface area (Å²) in [6.45, 7) is 4.48. The molecule has 1 heterocycles. The maximum atomic E-state index is 13.1. The summed E-state index contributed by atoms with van der Waals surface area (Å²) >= 11 is 0. The number of amides is 1. The fourth-order valence-corrected chi connectivity index (χ4v) is 4.26. The van der Waals surface area contributed by atoms with Crippen LogP contribution in [0.1, 0.15) is 36.5 Å². The highest BCUT2D eigenvalue weighted by Gasteiger charge is 2.28. The number of nitrogens with zero attached hydrogens (tertiary/aromatic N) is 2. The molecule has 2 rings (SSSR count). The molecule has 0 saturated carbocycles. The lowest BCUT2D eigenvalue weighted by Crippen LogP contribution is -2.46. The van der Waals surface area contributed by atoms with Crippen LogP contribution in [-0.4, -0.2) is 70.4 Å². The number of methoxy groups -OCH3 is 1. The number of rotatable bonds is 7. The molecule has 1 fully saturated rings. The topological polar surface area (TPSA) is 79.0 Å². The van der Waals surface area contributed by atoms with Gasteiger partial charge in [-0.25, -0.2) is 12.7 Å². The molecule has 1 aromatic rings. The second-order valence-electron chi connectivity index (χ2n) is 6.63. The summed E-state index contributed by atoms with van der Waals surface area (Å²) in [6, 6.07) is 4.80. The van der Waals surface area contributed by atoms with Crippen LogP contribution in [0.3, 0.4) is 0 Å². The van der Waals surface area contributed by atoms with Crippen LogP contribution in [-0.2, 0) is 10.0 Å². The van der Waals surface area contributed by atoms with Crippen molar-refractivity contribution in [1.29, 1.82) is 0 Å². The fraction of sp³-hybridized carbons (Fsp3) is 0.611. The molecule has 1 aliphatic heterocycles. The van der Waals surface area contributed by atoms with E-state index in [4.69, 9.17) is 4.74 Å². The second-order valence-corrected chi connectivity index (χ2v) is 8.75. The number of carbonyl (C=O) groups excluding carboxylic acids is 1. The van der Waals surface area contributed by atoms with Crippen LogP contribution in [0, 0.1) is 0 Å². The van der Waals surface area contributed by atoms with E-state index in [0.29, 0.717) is 12.1 Å². The third-order valence-electron chi connectivity index (χ3n) is 4.64. The fourth-order valence-electron chi connectivity index (χ4n) is 3.18. The Bertz CT molecular complexity index is 734. The zero-order valence-corrected chi connectivity index (χ0v) is 18.0. The van der Waals surface area contributed by atoms with Gasteiger partial charge in [-0.3, -0.25) is 4.79 Å². The molecule has 1 saturated heterocycles. The van der Waals surface area contributed by atoms with Gasteiger partial charge in [-0.05, 0) is 50.6 Å². The van der Waals surface area contributed by atoms with Crippen LogP contribution in [0.15, 0.2) is 23.1 Å². The molecule has 0 aliphatic carbocycles. The van der Waals surface area contributed by atoms with Crippen molar-refractivity contribution >= 4 is 28.3 Å². The van der Waals surface area contributed by atoms with E-state index in [1.54, 1.807) is 12.1 Å². The van der Waals surface area contributed by atoms with E-state index in [-0.39, 0.29) is 35.0 Å². The maximum absolute atomic E-state index is 13.1. The summed E-state index contributed by atoms with van der Waals surface area (Å²) in [7, 11) is 0.630. The van der Waals surface area contributed by atoms with Gasteiger partial charge in [-0.15, -0.1) is 12.4 Å². The van der Waals surface area contributed by atoms with Gasteiger partial charge in [0.15, 0.2) is 0 Å². The van der Waals surface area contributed by atoms with Gasteiger partial charge in [0.25, 0.3) is 5.91 Å². The van der Waals surface area contributed by atoms with E-state index in [0.717, 1.165) is 36.7 Å². The standard InChI is InChI=1S/C18H29N3O4S.ClH/c1-5-12-21(15-8-10-19-11-9-15)18(22)14-6-7-16(25-4)17(13-14)26(23,24)20(2)3;/h6-7,13,15,19H,5,8-12H2,1-4H3;1H. The molecular formula is C18H30ClN3O4S. The highest BCUT2D eigenvalue weighted by atomic mass is 35.5. The second kappa shape index (κ2) is 10.3. The predicted molar refractivity (Wildman–Crippen MR) is 108 cm³/mol. The normalized spacial score (nSPS) is 15.3. The molecule has 1 amide bonds. The Morgan fingerprint density at radius 3 is 2.41 bits per heavy atom. The first-order chi connectivity index (χ1) is 12.3. The van der Waals surface area contributed by atoms with Crippen LogP contribution in [0.4, 0.5) is 0 Å². The summed E-state index contributed by atoms with van der Waals surface area (Å²) in [4.78, 5) is 15.0. The number of piperidine rings is 1. The highest BCUT2D eigenvalue weighted by Crippen LogP contribution is 2.28. The van der Waals surface area contributed by atoms with Crippen LogP contribution < -0.4 is 10.1 Å². The van der Waals surface area contributed by atoms with Gasteiger partial charge in [0, 0.05) is 32.2 Å². The first-order valence-electron chi connectivity index (χ1n) is 8.95. The quantitative estimate of drug-likeness (QED) is 0.731. The van der Waals surface area contributed by atoms with Crippen molar-refractivity contribution in [2.45, 2.75) is 37.1 Å². The number of hydrogen-bond acceptors (Lipinski definition) is 5. The number of hydrogen-bond donors (Lipinski definition) is 1. The minimum Gasteiger partial charge on any atom is -0.495 e. The van der Waals surface area contributed by atoms with E-state index in [9.17, 15) is 13.2 Å². The highest BCUT2D eigenvalue weighted by molar-refractivity contribution is 7.89. The molecule has 0 atom stereocenters. The minimum atomic E-state index is -3.71. The monoisotopic (exact) mass is 419 g/mol. The molecule has 27 heavy (non-hydrogen) atoms. The Kier molecular flexibility index (Phi) is 9.01. The maximum Gasteiger partial charge on any atom is 0.254 e. The van der Waals surface area contributed by atoms with E-state index < -0.39 is 10.0 Å². The molecule has 9 heteroatoms. The Morgan fingerprint density at radius 1 is 1.26 bits per heavy atom. The number of benzene rings is 1. The molecule has 0 aromatic heterocycles. The van der Waals surface area contributed by atoms with Gasteiger partial charge >= 0.3 is 0 Å². The lowest BCUT2D eigenvalue weighted by Gasteiger charge is -2.34. The summed E-state index contributed by atoms with van der Waals surface area (Å²) in [5, 5.41) is 3.31. The van der Waals surface area contributed by atoms with Gasteiger partial charge in [0.05, 0.1) is 7.11 Å². The largest absolute Gasteiger partial charge is 0.495 e. The Hall–Kier alpha value is -1.35. The number of carbonyl (C=O) groups is 1. The van der Waals surface area contributed by atoms with E-state index in [1.165, 1.54) is 27.3 Å². The first-order valence-corrected chi connectivity index (χ1v) is 10.4. The van der Waals surface area contributed by atoms with Crippen molar-refractivity contribution in [1.82, 2.24) is 14.5 Å². The minimum absolute atomic E-state index is 0. The van der Waals surface area contributed by atoms with E-state index >= 15 is 0 Å². The zero-order valence-electron chi connectivity index (χ0n) is 16.4. The average Bonchev–Trinajstić information content (AvgIpc) is 2.65. The predicted octanol–water partition coefficient (Wildman–Crippen LogP) is 1.97. The number of ether oxygens (including phenoxy) is 1. The van der Waals surface area contributed by atoms with Gasteiger partial charge < -0.3 is 15.0 Å². The zero-order chi connectivity index (χ0) is 19.3. The molecule has 0 unspecified atom stereocenters.